The van der Waals surface area contributed by atoms with Crippen LogP contribution in [0.2, 0.25) is 5.02 Å². The van der Waals surface area contributed by atoms with Crippen molar-refractivity contribution in [2.45, 2.75) is 25.7 Å². The second-order valence-electron chi connectivity index (χ2n) is 8.21. The lowest BCUT2D eigenvalue weighted by atomic mass is 9.97. The molecule has 0 N–H and O–H groups in total. The van der Waals surface area contributed by atoms with Crippen molar-refractivity contribution in [3.8, 4) is 5.75 Å². The summed E-state index contributed by atoms with van der Waals surface area (Å²) in [6, 6.07) is 19.8. The third kappa shape index (κ3) is 5.63. The molecule has 0 unspecified atom stereocenters. The van der Waals surface area contributed by atoms with Crippen molar-refractivity contribution in [3.63, 3.8) is 0 Å². The quantitative estimate of drug-likeness (QED) is 0.174. The van der Waals surface area contributed by atoms with Crippen molar-refractivity contribution < 1.29 is 17.9 Å². The minimum Gasteiger partial charge on any atom is -0.490 e. The Kier molecular flexibility index (Phi) is 7.59. The minimum absolute atomic E-state index is 0.297. The van der Waals surface area contributed by atoms with Gasteiger partial charge in [0.15, 0.2) is 0 Å². The molecular formula is C29H24ClF3O. The Hall–Kier alpha value is -3.24. The van der Waals surface area contributed by atoms with Crippen molar-refractivity contribution >= 4 is 22.4 Å². The van der Waals surface area contributed by atoms with E-state index in [9.17, 15) is 8.78 Å². The summed E-state index contributed by atoms with van der Waals surface area (Å²) in [5, 5.41) is 0.847. The monoisotopic (exact) mass is 480 g/mol. The molecule has 0 atom stereocenters. The molecule has 4 aromatic carbocycles. The summed E-state index contributed by atoms with van der Waals surface area (Å²) in [5.74, 6) is -1.10. The van der Waals surface area contributed by atoms with Crippen LogP contribution in [0.25, 0.3) is 10.8 Å². The van der Waals surface area contributed by atoms with Crippen LogP contribution in [0.1, 0.15) is 22.3 Å². The number of rotatable bonds is 9. The van der Waals surface area contributed by atoms with Crippen molar-refractivity contribution in [2.24, 2.45) is 0 Å². The first-order chi connectivity index (χ1) is 16.4. The molecule has 34 heavy (non-hydrogen) atoms. The van der Waals surface area contributed by atoms with Crippen LogP contribution in [0, 0.1) is 17.5 Å². The number of benzene rings is 4. The molecule has 4 aromatic rings. The average Bonchev–Trinajstić information content (AvgIpc) is 2.85. The number of ether oxygens (including phenoxy) is 1. The van der Waals surface area contributed by atoms with Gasteiger partial charge < -0.3 is 4.74 Å². The van der Waals surface area contributed by atoms with E-state index in [4.69, 9.17) is 16.3 Å². The van der Waals surface area contributed by atoms with E-state index < -0.39 is 16.7 Å². The Morgan fingerprint density at radius 1 is 0.735 bits per heavy atom. The molecule has 0 aliphatic heterocycles. The number of hydrogen-bond acceptors (Lipinski definition) is 1. The first-order valence-electron chi connectivity index (χ1n) is 11.1. The lowest BCUT2D eigenvalue weighted by molar-refractivity contribution is 0.363. The van der Waals surface area contributed by atoms with Crippen LogP contribution in [-0.2, 0) is 25.7 Å². The Morgan fingerprint density at radius 2 is 1.38 bits per heavy atom. The molecule has 0 aliphatic carbocycles. The first-order valence-corrected chi connectivity index (χ1v) is 11.5. The largest absolute Gasteiger partial charge is 0.490 e. The molecule has 0 heterocycles. The Bertz CT molecular complexity index is 1290. The zero-order valence-corrected chi connectivity index (χ0v) is 19.3. The predicted molar refractivity (Wildman–Crippen MR) is 132 cm³/mol. The molecule has 174 valence electrons. The van der Waals surface area contributed by atoms with Gasteiger partial charge in [-0.25, -0.2) is 13.2 Å². The maximum atomic E-state index is 15.1. The number of halogens is 4. The van der Waals surface area contributed by atoms with Crippen molar-refractivity contribution in [3.05, 3.63) is 124 Å². The lowest BCUT2D eigenvalue weighted by Gasteiger charge is -2.10. The summed E-state index contributed by atoms with van der Waals surface area (Å²) >= 11 is 5.53. The highest BCUT2D eigenvalue weighted by molar-refractivity contribution is 6.30. The fraction of sp³-hybridized carbons (Fsp3) is 0.172. The van der Waals surface area contributed by atoms with E-state index >= 15 is 4.39 Å². The van der Waals surface area contributed by atoms with Gasteiger partial charge in [0, 0.05) is 5.39 Å². The van der Waals surface area contributed by atoms with Crippen molar-refractivity contribution in [2.75, 3.05) is 6.61 Å². The van der Waals surface area contributed by atoms with Crippen LogP contribution in [-0.4, -0.2) is 6.61 Å². The van der Waals surface area contributed by atoms with Gasteiger partial charge in [-0.1, -0.05) is 66.7 Å². The van der Waals surface area contributed by atoms with Gasteiger partial charge in [-0.15, -0.1) is 0 Å². The summed E-state index contributed by atoms with van der Waals surface area (Å²) in [7, 11) is 0. The van der Waals surface area contributed by atoms with E-state index in [0.29, 0.717) is 36.0 Å². The number of fused-ring (bicyclic) bond motifs is 1. The van der Waals surface area contributed by atoms with E-state index in [0.717, 1.165) is 29.5 Å². The normalized spacial score (nSPS) is 11.1. The average molecular weight is 481 g/mol. The SMILES string of the molecule is C=CCOc1ccc(CCc2ccc3c(F)c(CCc4cc(F)c(Cl)c(F)c4)ccc3c2)cc1. The standard InChI is InChI=1S/C29H24ClF3O/c1-2-15-34-24-12-6-19(7-13-24)3-4-20-8-14-25-23(16-20)11-10-22(29(25)33)9-5-21-17-26(31)28(30)27(32)18-21/h2,6-8,10-14,16-18H,1,3-5,9,15H2. The maximum absolute atomic E-state index is 15.1. The molecule has 1 nitrogen and oxygen atoms in total. The van der Waals surface area contributed by atoms with Gasteiger partial charge in [0.25, 0.3) is 0 Å². The first kappa shape index (κ1) is 23.9. The zero-order chi connectivity index (χ0) is 24.1. The van der Waals surface area contributed by atoms with Crippen LogP contribution < -0.4 is 4.74 Å². The van der Waals surface area contributed by atoms with Crippen molar-refractivity contribution in [1.82, 2.24) is 0 Å². The van der Waals surface area contributed by atoms with E-state index in [1.807, 2.05) is 42.5 Å². The molecule has 0 saturated heterocycles. The minimum atomic E-state index is -0.805. The second-order valence-corrected chi connectivity index (χ2v) is 8.59. The molecule has 4 rings (SSSR count). The van der Waals surface area contributed by atoms with Crippen LogP contribution >= 0.6 is 11.6 Å². The maximum Gasteiger partial charge on any atom is 0.145 e. The summed E-state index contributed by atoms with van der Waals surface area (Å²) < 4.78 is 48.0. The third-order valence-corrected chi connectivity index (χ3v) is 6.18. The van der Waals surface area contributed by atoms with Gasteiger partial charge in [0.05, 0.1) is 0 Å². The van der Waals surface area contributed by atoms with Crippen LogP contribution in [0.3, 0.4) is 0 Å². The van der Waals surface area contributed by atoms with Gasteiger partial charge in [-0.3, -0.25) is 0 Å². The number of hydrogen-bond donors (Lipinski definition) is 0. The van der Waals surface area contributed by atoms with E-state index in [2.05, 4.69) is 6.58 Å². The van der Waals surface area contributed by atoms with Crippen LogP contribution in [0.15, 0.2) is 79.4 Å². The zero-order valence-electron chi connectivity index (χ0n) is 18.6. The van der Waals surface area contributed by atoms with E-state index in [1.165, 1.54) is 17.7 Å². The van der Waals surface area contributed by atoms with Crippen LogP contribution in [0.5, 0.6) is 5.75 Å². The Labute approximate surface area is 202 Å². The topological polar surface area (TPSA) is 9.23 Å². The molecule has 0 spiro atoms. The Balaban J connectivity index is 1.42. The van der Waals surface area contributed by atoms with E-state index in [1.54, 1.807) is 18.2 Å². The van der Waals surface area contributed by atoms with Crippen LogP contribution in [0.4, 0.5) is 13.2 Å². The molecule has 0 aliphatic rings. The summed E-state index contributed by atoms with van der Waals surface area (Å²) in [6.07, 6.45) is 4.04. The summed E-state index contributed by atoms with van der Waals surface area (Å²) in [6.45, 7) is 4.12. The fourth-order valence-electron chi connectivity index (χ4n) is 3.96. The fourth-order valence-corrected chi connectivity index (χ4v) is 4.07. The molecule has 0 bridgehead atoms. The molecule has 0 saturated carbocycles. The van der Waals surface area contributed by atoms with Gasteiger partial charge in [0.2, 0.25) is 0 Å². The highest BCUT2D eigenvalue weighted by Gasteiger charge is 2.12. The number of aryl methyl sites for hydroxylation is 4. The Morgan fingerprint density at radius 3 is 2.09 bits per heavy atom. The summed E-state index contributed by atoms with van der Waals surface area (Å²) in [4.78, 5) is 0. The molecule has 5 heteroatoms. The highest BCUT2D eigenvalue weighted by atomic mass is 35.5. The second kappa shape index (κ2) is 10.8. The molecular weight excluding hydrogens is 457 g/mol. The van der Waals surface area contributed by atoms with Gasteiger partial charge in [-0.2, -0.15) is 0 Å². The molecule has 0 fully saturated rings. The molecule has 0 aromatic heterocycles. The van der Waals surface area contributed by atoms with E-state index in [-0.39, 0.29) is 5.82 Å². The molecule has 0 amide bonds. The summed E-state index contributed by atoms with van der Waals surface area (Å²) in [5.41, 5.74) is 3.27. The third-order valence-electron chi connectivity index (χ3n) is 5.82. The van der Waals surface area contributed by atoms with Crippen molar-refractivity contribution in [1.29, 1.82) is 0 Å². The lowest BCUT2D eigenvalue weighted by Crippen LogP contribution is -1.98. The molecule has 0 radical (unpaired) electrons. The smallest absolute Gasteiger partial charge is 0.145 e. The highest BCUT2D eigenvalue weighted by Crippen LogP contribution is 2.26. The van der Waals surface area contributed by atoms with Gasteiger partial charge in [-0.05, 0) is 77.6 Å². The predicted octanol–water partition coefficient (Wildman–Crippen LogP) is 8.05. The van der Waals surface area contributed by atoms with Gasteiger partial charge in [0.1, 0.15) is 34.8 Å². The van der Waals surface area contributed by atoms with Gasteiger partial charge >= 0.3 is 0 Å².